The number of benzene rings is 2. The van der Waals surface area contributed by atoms with E-state index in [0.717, 1.165) is 26.7 Å². The first-order valence-corrected chi connectivity index (χ1v) is 7.01. The van der Waals surface area contributed by atoms with Gasteiger partial charge in [0.05, 0.1) is 7.11 Å². The molecule has 2 aromatic carbocycles. The lowest BCUT2D eigenvalue weighted by Crippen LogP contribution is -2.09. The zero-order chi connectivity index (χ0) is 13.4. The fourth-order valence-corrected chi connectivity index (χ4v) is 3.54. The molecule has 0 amide bonds. The minimum Gasteiger partial charge on any atom is -0.497 e. The summed E-state index contributed by atoms with van der Waals surface area (Å²) in [5, 5.41) is 0. The Bertz CT molecular complexity index is 649. The molecule has 0 radical (unpaired) electrons. The number of carbonyl (C=O) groups is 1. The molecule has 19 heavy (non-hydrogen) atoms. The van der Waals surface area contributed by atoms with Gasteiger partial charge in [0.15, 0.2) is 5.78 Å². The topological polar surface area (TPSA) is 26.3 Å². The summed E-state index contributed by atoms with van der Waals surface area (Å²) in [6, 6.07) is 13.7. The summed E-state index contributed by atoms with van der Waals surface area (Å²) < 4.78 is 5.25. The lowest BCUT2D eigenvalue weighted by molar-refractivity contribution is 0.0963. The number of rotatable bonds is 1. The van der Waals surface area contributed by atoms with Crippen LogP contribution in [0.1, 0.15) is 28.8 Å². The van der Waals surface area contributed by atoms with Crippen LogP contribution in [0.25, 0.3) is 0 Å². The molecule has 1 atom stereocenters. The van der Waals surface area contributed by atoms with Gasteiger partial charge < -0.3 is 4.74 Å². The van der Waals surface area contributed by atoms with Crippen molar-refractivity contribution < 1.29 is 9.53 Å². The summed E-state index contributed by atoms with van der Waals surface area (Å²) in [7, 11) is 1.64. The zero-order valence-electron chi connectivity index (χ0n) is 10.8. The summed E-state index contributed by atoms with van der Waals surface area (Å²) in [4.78, 5) is 14.7. The van der Waals surface area contributed by atoms with Gasteiger partial charge in [0, 0.05) is 21.3 Å². The second kappa shape index (κ2) is 4.74. The highest BCUT2D eigenvalue weighted by Gasteiger charge is 2.26. The van der Waals surface area contributed by atoms with Gasteiger partial charge in [-0.15, -0.1) is 0 Å². The summed E-state index contributed by atoms with van der Waals surface area (Å²) in [5.74, 6) is 0.861. The maximum absolute atomic E-state index is 12.5. The van der Waals surface area contributed by atoms with Gasteiger partial charge in [-0.3, -0.25) is 4.79 Å². The van der Waals surface area contributed by atoms with E-state index < -0.39 is 0 Å². The van der Waals surface area contributed by atoms with Crippen molar-refractivity contribution in [3.63, 3.8) is 0 Å². The van der Waals surface area contributed by atoms with Crippen LogP contribution in [-0.2, 0) is 0 Å². The zero-order valence-corrected chi connectivity index (χ0v) is 11.7. The minimum atomic E-state index is -0.0988. The molecule has 3 rings (SSSR count). The third-order valence-electron chi connectivity index (χ3n) is 3.45. The van der Waals surface area contributed by atoms with Gasteiger partial charge in [0.2, 0.25) is 0 Å². The summed E-state index contributed by atoms with van der Waals surface area (Å²) in [6.45, 7) is 1.97. The lowest BCUT2D eigenvalue weighted by Gasteiger charge is -2.10. The van der Waals surface area contributed by atoms with Crippen LogP contribution in [0.4, 0.5) is 0 Å². The van der Waals surface area contributed by atoms with Crippen molar-refractivity contribution in [2.45, 2.75) is 22.6 Å². The molecule has 1 aliphatic rings. The number of fused-ring (bicyclic) bond motifs is 2. The van der Waals surface area contributed by atoms with E-state index in [1.165, 1.54) is 0 Å². The number of hydrogen-bond donors (Lipinski definition) is 0. The Labute approximate surface area is 116 Å². The van der Waals surface area contributed by atoms with Crippen molar-refractivity contribution in [1.29, 1.82) is 0 Å². The van der Waals surface area contributed by atoms with Crippen molar-refractivity contribution in [2.24, 2.45) is 0 Å². The molecule has 0 unspecified atom stereocenters. The number of ether oxygens (including phenoxy) is 1. The van der Waals surface area contributed by atoms with Crippen molar-refractivity contribution >= 4 is 17.5 Å². The average molecular weight is 270 g/mol. The fraction of sp³-hybridized carbons (Fsp3) is 0.188. The van der Waals surface area contributed by atoms with Crippen LogP contribution in [0.2, 0.25) is 0 Å². The molecule has 0 spiro atoms. The maximum Gasteiger partial charge on any atom is 0.171 e. The molecular formula is C16H14O2S. The highest BCUT2D eigenvalue weighted by Crippen LogP contribution is 2.42. The van der Waals surface area contributed by atoms with E-state index in [-0.39, 0.29) is 11.7 Å². The third-order valence-corrected chi connectivity index (χ3v) is 4.60. The van der Waals surface area contributed by atoms with Gasteiger partial charge in [-0.25, -0.2) is 0 Å². The molecule has 0 N–H and O–H groups in total. The van der Waals surface area contributed by atoms with Crippen LogP contribution >= 0.6 is 11.8 Å². The van der Waals surface area contributed by atoms with E-state index >= 15 is 0 Å². The van der Waals surface area contributed by atoms with Gasteiger partial charge in [0.25, 0.3) is 0 Å². The molecule has 0 bridgehead atoms. The Morgan fingerprint density at radius 2 is 1.89 bits per heavy atom. The average Bonchev–Trinajstić information content (AvgIpc) is 2.55. The monoisotopic (exact) mass is 270 g/mol. The number of carbonyl (C=O) groups excluding carboxylic acids is 1. The molecule has 1 heterocycles. The van der Waals surface area contributed by atoms with Crippen LogP contribution in [0.15, 0.2) is 52.3 Å². The van der Waals surface area contributed by atoms with E-state index in [2.05, 4.69) is 6.07 Å². The van der Waals surface area contributed by atoms with Crippen LogP contribution < -0.4 is 4.74 Å². The van der Waals surface area contributed by atoms with Crippen molar-refractivity contribution in [3.8, 4) is 5.75 Å². The van der Waals surface area contributed by atoms with Crippen molar-refractivity contribution in [3.05, 3.63) is 53.6 Å². The SMILES string of the molecule is COc1ccc2c(c1)Sc1ccccc1[C@@H](C)C2=O. The Kier molecular flexibility index (Phi) is 3.07. The molecule has 96 valence electrons. The molecular weight excluding hydrogens is 256 g/mol. The summed E-state index contributed by atoms with van der Waals surface area (Å²) in [5.41, 5.74) is 1.89. The van der Waals surface area contributed by atoms with Gasteiger partial charge in [0.1, 0.15) is 5.75 Å². The molecule has 0 aromatic heterocycles. The Balaban J connectivity index is 2.19. The smallest absolute Gasteiger partial charge is 0.171 e. The Morgan fingerprint density at radius 3 is 2.68 bits per heavy atom. The van der Waals surface area contributed by atoms with Crippen LogP contribution in [0.5, 0.6) is 5.75 Å². The Hall–Kier alpha value is -1.74. The second-order valence-electron chi connectivity index (χ2n) is 4.59. The highest BCUT2D eigenvalue weighted by atomic mass is 32.2. The summed E-state index contributed by atoms with van der Waals surface area (Å²) >= 11 is 1.64. The first-order valence-electron chi connectivity index (χ1n) is 6.19. The van der Waals surface area contributed by atoms with Gasteiger partial charge in [-0.05, 0) is 29.8 Å². The molecule has 3 heteroatoms. The fourth-order valence-electron chi connectivity index (χ4n) is 2.34. The standard InChI is InChI=1S/C16H14O2S/c1-10-12-5-3-4-6-14(12)19-15-9-11(18-2)7-8-13(15)16(10)17/h3-10H,1-2H3/t10-/m1/s1. The van der Waals surface area contributed by atoms with E-state index in [0.29, 0.717) is 0 Å². The largest absolute Gasteiger partial charge is 0.497 e. The number of hydrogen-bond acceptors (Lipinski definition) is 3. The third kappa shape index (κ3) is 2.04. The number of methoxy groups -OCH3 is 1. The predicted molar refractivity (Wildman–Crippen MR) is 76.3 cm³/mol. The quantitative estimate of drug-likeness (QED) is 0.778. The van der Waals surface area contributed by atoms with Crippen LogP contribution in [-0.4, -0.2) is 12.9 Å². The van der Waals surface area contributed by atoms with E-state index in [1.54, 1.807) is 18.9 Å². The molecule has 0 saturated heterocycles. The van der Waals surface area contributed by atoms with Crippen molar-refractivity contribution in [1.82, 2.24) is 0 Å². The van der Waals surface area contributed by atoms with Crippen LogP contribution in [0.3, 0.4) is 0 Å². The summed E-state index contributed by atoms with van der Waals surface area (Å²) in [6.07, 6.45) is 0. The molecule has 2 nitrogen and oxygen atoms in total. The molecule has 0 saturated carbocycles. The normalized spacial score (nSPS) is 17.4. The lowest BCUT2D eigenvalue weighted by atomic mass is 9.92. The molecule has 0 aliphatic carbocycles. The van der Waals surface area contributed by atoms with Gasteiger partial charge >= 0.3 is 0 Å². The number of Topliss-reactive ketones (excluding diaryl/α,β-unsaturated/α-hetero) is 1. The van der Waals surface area contributed by atoms with Crippen molar-refractivity contribution in [2.75, 3.05) is 7.11 Å². The molecule has 1 aliphatic heterocycles. The predicted octanol–water partition coefficient (Wildman–Crippen LogP) is 4.15. The van der Waals surface area contributed by atoms with Gasteiger partial charge in [-0.2, -0.15) is 0 Å². The Morgan fingerprint density at radius 1 is 1.11 bits per heavy atom. The van der Waals surface area contributed by atoms with E-state index in [4.69, 9.17) is 4.74 Å². The molecule has 2 aromatic rings. The van der Waals surface area contributed by atoms with Crippen LogP contribution in [0, 0.1) is 0 Å². The number of ketones is 1. The first kappa shape index (κ1) is 12.3. The molecule has 0 fully saturated rings. The van der Waals surface area contributed by atoms with Gasteiger partial charge in [-0.1, -0.05) is 36.9 Å². The first-order chi connectivity index (χ1) is 9.20. The van der Waals surface area contributed by atoms with E-state index in [9.17, 15) is 4.79 Å². The maximum atomic E-state index is 12.5. The second-order valence-corrected chi connectivity index (χ2v) is 5.67. The highest BCUT2D eigenvalue weighted by molar-refractivity contribution is 7.99. The minimum absolute atomic E-state index is 0.0988. The van der Waals surface area contributed by atoms with E-state index in [1.807, 2.05) is 43.3 Å².